The zero-order valence-corrected chi connectivity index (χ0v) is 20.9. The van der Waals surface area contributed by atoms with Crippen molar-refractivity contribution in [2.24, 2.45) is 5.41 Å². The second kappa shape index (κ2) is 7.74. The van der Waals surface area contributed by atoms with Gasteiger partial charge in [-0.25, -0.2) is 0 Å². The number of hydrogen-bond acceptors (Lipinski definition) is 2. The summed E-state index contributed by atoms with van der Waals surface area (Å²) in [6.07, 6.45) is 7.28. The molecule has 1 aromatic carbocycles. The average Bonchev–Trinajstić information content (AvgIpc) is 3.01. The second-order valence-corrected chi connectivity index (χ2v) is 16.7. The summed E-state index contributed by atoms with van der Waals surface area (Å²) in [6.45, 7) is 21.0. The van der Waals surface area contributed by atoms with Crippen molar-refractivity contribution < 1.29 is 9.47 Å². The van der Waals surface area contributed by atoms with Gasteiger partial charge in [0.15, 0.2) is 0 Å². The summed E-state index contributed by atoms with van der Waals surface area (Å²) in [5, 5.41) is 0. The van der Waals surface area contributed by atoms with Crippen molar-refractivity contribution in [1.29, 1.82) is 0 Å². The molecule has 2 rings (SSSR count). The topological polar surface area (TPSA) is 18.5 Å². The number of hydrogen-bond donors (Lipinski definition) is 0. The molecule has 1 aliphatic carbocycles. The molecule has 0 aliphatic heterocycles. The average molecular weight is 401 g/mol. The molecule has 2 unspecified atom stereocenters. The van der Waals surface area contributed by atoms with E-state index < -0.39 is 8.07 Å². The van der Waals surface area contributed by atoms with Crippen LogP contribution < -0.4 is 9.47 Å². The van der Waals surface area contributed by atoms with Gasteiger partial charge < -0.3 is 9.47 Å². The highest BCUT2D eigenvalue weighted by molar-refractivity contribution is 6.78. The third kappa shape index (κ3) is 4.73. The van der Waals surface area contributed by atoms with E-state index in [1.165, 1.54) is 16.7 Å². The van der Waals surface area contributed by atoms with Crippen molar-refractivity contribution >= 4 is 8.07 Å². The Labute approximate surface area is 174 Å². The zero-order chi connectivity index (χ0) is 21.5. The van der Waals surface area contributed by atoms with Crippen molar-refractivity contribution in [3.63, 3.8) is 0 Å². The van der Waals surface area contributed by atoms with Crippen LogP contribution in [0.25, 0.3) is 0 Å². The Morgan fingerprint density at radius 2 is 1.54 bits per heavy atom. The Morgan fingerprint density at radius 1 is 0.929 bits per heavy atom. The number of benzene rings is 1. The van der Waals surface area contributed by atoms with Crippen LogP contribution in [0.3, 0.4) is 0 Å². The van der Waals surface area contributed by atoms with Gasteiger partial charge in [-0.3, -0.25) is 0 Å². The highest BCUT2D eigenvalue weighted by Gasteiger charge is 2.36. The quantitative estimate of drug-likeness (QED) is 0.481. The molecule has 0 saturated heterocycles. The van der Waals surface area contributed by atoms with Gasteiger partial charge in [-0.2, -0.15) is 0 Å². The van der Waals surface area contributed by atoms with E-state index in [9.17, 15) is 0 Å². The van der Waals surface area contributed by atoms with E-state index in [0.717, 1.165) is 11.5 Å². The van der Waals surface area contributed by atoms with Gasteiger partial charge in [0.2, 0.25) is 0 Å². The lowest BCUT2D eigenvalue weighted by Gasteiger charge is -2.35. The van der Waals surface area contributed by atoms with Crippen molar-refractivity contribution in [2.45, 2.75) is 78.1 Å². The monoisotopic (exact) mass is 400 g/mol. The fourth-order valence-corrected chi connectivity index (χ4v) is 5.52. The summed E-state index contributed by atoms with van der Waals surface area (Å²) in [5.74, 6) is 2.15. The number of allylic oxidation sites excluding steroid dienone is 4. The van der Waals surface area contributed by atoms with Gasteiger partial charge in [0, 0.05) is 17.0 Å². The third-order valence-corrected chi connectivity index (χ3v) is 8.08. The van der Waals surface area contributed by atoms with Crippen LogP contribution in [0, 0.1) is 5.41 Å². The number of rotatable bonds is 5. The molecule has 0 saturated carbocycles. The molecule has 28 heavy (non-hydrogen) atoms. The smallest absolute Gasteiger partial charge is 0.126 e. The summed E-state index contributed by atoms with van der Waals surface area (Å²) in [6, 6.07) is 4.31. The summed E-state index contributed by atoms with van der Waals surface area (Å²) >= 11 is 0. The molecule has 0 heterocycles. The maximum atomic E-state index is 6.03. The van der Waals surface area contributed by atoms with E-state index in [4.69, 9.17) is 9.47 Å². The lowest BCUT2D eigenvalue weighted by molar-refractivity contribution is 0.333. The Balaban J connectivity index is 2.74. The van der Waals surface area contributed by atoms with E-state index in [2.05, 4.69) is 91.5 Å². The van der Waals surface area contributed by atoms with E-state index >= 15 is 0 Å². The zero-order valence-electron chi connectivity index (χ0n) is 19.9. The highest BCUT2D eigenvalue weighted by atomic mass is 28.3. The Kier molecular flexibility index (Phi) is 6.30. The molecule has 0 fully saturated rings. The molecule has 0 spiro atoms. The summed E-state index contributed by atoms with van der Waals surface area (Å²) in [4.78, 5) is 0. The lowest BCUT2D eigenvalue weighted by Crippen LogP contribution is -2.25. The molecule has 2 nitrogen and oxygen atoms in total. The molecular formula is C25H40O2Si. The fraction of sp³-hybridized carbons (Fsp3) is 0.600. The first-order chi connectivity index (χ1) is 12.7. The molecular weight excluding hydrogens is 360 g/mol. The van der Waals surface area contributed by atoms with Crippen molar-refractivity contribution in [3.05, 3.63) is 47.1 Å². The van der Waals surface area contributed by atoms with Gasteiger partial charge in [-0.05, 0) is 34.1 Å². The summed E-state index contributed by atoms with van der Waals surface area (Å²) in [7, 11) is 2.27. The summed E-state index contributed by atoms with van der Waals surface area (Å²) in [5.41, 5.74) is 4.45. The molecule has 1 aliphatic rings. The molecule has 0 N–H and O–H groups in total. The largest absolute Gasteiger partial charge is 0.497 e. The predicted octanol–water partition coefficient (Wildman–Crippen LogP) is 7.34. The van der Waals surface area contributed by atoms with Crippen molar-refractivity contribution in [2.75, 3.05) is 14.2 Å². The van der Waals surface area contributed by atoms with Crippen LogP contribution in [-0.4, -0.2) is 22.3 Å². The molecule has 0 aromatic heterocycles. The molecule has 0 bridgehead atoms. The van der Waals surface area contributed by atoms with E-state index in [-0.39, 0.29) is 16.7 Å². The Bertz CT molecular complexity index is 767. The normalized spacial score (nSPS) is 18.8. The van der Waals surface area contributed by atoms with Crippen molar-refractivity contribution in [3.8, 4) is 11.5 Å². The first-order valence-corrected chi connectivity index (χ1v) is 13.9. The highest BCUT2D eigenvalue weighted by Crippen LogP contribution is 2.51. The second-order valence-electron chi connectivity index (χ2n) is 11.3. The molecule has 1 aromatic rings. The maximum Gasteiger partial charge on any atom is 0.126 e. The molecule has 0 amide bonds. The number of methoxy groups -OCH3 is 2. The predicted molar refractivity (Wildman–Crippen MR) is 125 cm³/mol. The standard InChI is InChI=1S/C25H40O2Si/c1-24(2,3)21-16-18(26-7)15-20(23(21)27-8)22(25(4,5)6)17-12-13-19(14-17)28(9,10)11/h12-16,19,22H,1-11H3. The molecule has 156 valence electrons. The van der Waals surface area contributed by atoms with Gasteiger partial charge in [-0.1, -0.05) is 79.4 Å². The first kappa shape index (κ1) is 22.8. The van der Waals surface area contributed by atoms with Crippen LogP contribution in [0.5, 0.6) is 11.5 Å². The van der Waals surface area contributed by atoms with Crippen LogP contribution >= 0.6 is 0 Å². The van der Waals surface area contributed by atoms with Gasteiger partial charge in [0.05, 0.1) is 22.3 Å². The molecule has 2 atom stereocenters. The lowest BCUT2D eigenvalue weighted by atomic mass is 9.70. The van der Waals surface area contributed by atoms with Crippen LogP contribution in [0.15, 0.2) is 35.9 Å². The van der Waals surface area contributed by atoms with E-state index in [1.54, 1.807) is 14.2 Å². The SMILES string of the molecule is COc1cc(C(C2=CC([Si](C)(C)C)C=C2)C(C)(C)C)c(OC)c(C(C)(C)C)c1. The fourth-order valence-electron chi connectivity index (χ4n) is 4.15. The van der Waals surface area contributed by atoms with Crippen LogP contribution in [0.2, 0.25) is 25.2 Å². The minimum absolute atomic E-state index is 0.0299. The molecule has 0 radical (unpaired) electrons. The van der Waals surface area contributed by atoms with Crippen molar-refractivity contribution in [1.82, 2.24) is 0 Å². The minimum atomic E-state index is -1.27. The molecule has 3 heteroatoms. The third-order valence-electron chi connectivity index (χ3n) is 5.72. The van der Waals surface area contributed by atoms with E-state index in [1.807, 2.05) is 0 Å². The van der Waals surface area contributed by atoms with Crippen LogP contribution in [0.1, 0.15) is 58.6 Å². The van der Waals surface area contributed by atoms with Crippen LogP contribution in [-0.2, 0) is 5.41 Å². The van der Waals surface area contributed by atoms with Gasteiger partial charge in [-0.15, -0.1) is 0 Å². The maximum absolute atomic E-state index is 6.03. The van der Waals surface area contributed by atoms with Crippen LogP contribution in [0.4, 0.5) is 0 Å². The Hall–Kier alpha value is -1.48. The Morgan fingerprint density at radius 3 is 1.93 bits per heavy atom. The van der Waals surface area contributed by atoms with Gasteiger partial charge >= 0.3 is 0 Å². The minimum Gasteiger partial charge on any atom is -0.497 e. The van der Waals surface area contributed by atoms with Gasteiger partial charge in [0.1, 0.15) is 11.5 Å². The first-order valence-electron chi connectivity index (χ1n) is 10.4. The summed E-state index contributed by atoms with van der Waals surface area (Å²) < 4.78 is 11.7. The number of ether oxygens (including phenoxy) is 2. The van der Waals surface area contributed by atoms with E-state index in [0.29, 0.717) is 5.54 Å². The van der Waals surface area contributed by atoms with Gasteiger partial charge in [0.25, 0.3) is 0 Å².